The van der Waals surface area contributed by atoms with Crippen molar-refractivity contribution in [3.63, 3.8) is 0 Å². The molecule has 0 fully saturated rings. The monoisotopic (exact) mass is 231 g/mol. The molecule has 86 valence electrons. The summed E-state index contributed by atoms with van der Waals surface area (Å²) >= 11 is 0. The molecule has 0 aliphatic heterocycles. The van der Waals surface area contributed by atoms with E-state index in [0.29, 0.717) is 23.3 Å². The Morgan fingerprint density at radius 3 is 2.65 bits per heavy atom. The van der Waals surface area contributed by atoms with Gasteiger partial charge in [-0.25, -0.2) is 4.79 Å². The van der Waals surface area contributed by atoms with Crippen molar-refractivity contribution in [2.45, 2.75) is 0 Å². The molecule has 0 saturated heterocycles. The third-order valence-electron chi connectivity index (χ3n) is 2.18. The average molecular weight is 231 g/mol. The first-order valence-electron chi connectivity index (χ1n) is 4.85. The van der Waals surface area contributed by atoms with Crippen LogP contribution in [0.15, 0.2) is 40.8 Å². The maximum absolute atomic E-state index is 10.6. The highest BCUT2D eigenvalue weighted by atomic mass is 16.4. The summed E-state index contributed by atoms with van der Waals surface area (Å²) in [7, 11) is 0. The highest BCUT2D eigenvalue weighted by molar-refractivity contribution is 5.89. The molecule has 0 aliphatic rings. The Hall–Kier alpha value is -2.56. The van der Waals surface area contributed by atoms with Crippen LogP contribution in [0.4, 0.5) is 10.5 Å². The van der Waals surface area contributed by atoms with E-state index in [1.165, 1.54) is 6.07 Å². The highest BCUT2D eigenvalue weighted by Gasteiger charge is 2.10. The van der Waals surface area contributed by atoms with Gasteiger partial charge in [0.25, 0.3) is 0 Å². The van der Waals surface area contributed by atoms with Gasteiger partial charge >= 0.3 is 6.09 Å². The molecule has 5 nitrogen and oxygen atoms in total. The van der Waals surface area contributed by atoms with Crippen molar-refractivity contribution < 1.29 is 19.1 Å². The summed E-state index contributed by atoms with van der Waals surface area (Å²) in [6.45, 7) is 0. The predicted molar refractivity (Wildman–Crippen MR) is 61.2 cm³/mol. The van der Waals surface area contributed by atoms with Gasteiger partial charge in [-0.15, -0.1) is 0 Å². The Morgan fingerprint density at radius 1 is 1.24 bits per heavy atom. The number of aldehydes is 1. The van der Waals surface area contributed by atoms with Gasteiger partial charge in [0.1, 0.15) is 5.76 Å². The zero-order valence-electron chi connectivity index (χ0n) is 8.71. The maximum Gasteiger partial charge on any atom is 0.409 e. The molecule has 0 spiro atoms. The second kappa shape index (κ2) is 4.52. The third kappa shape index (κ3) is 2.34. The summed E-state index contributed by atoms with van der Waals surface area (Å²) in [4.78, 5) is 21.1. The van der Waals surface area contributed by atoms with E-state index in [2.05, 4.69) is 5.32 Å². The molecule has 1 heterocycles. The average Bonchev–Trinajstić information content (AvgIpc) is 2.77. The van der Waals surface area contributed by atoms with Crippen LogP contribution in [0.2, 0.25) is 0 Å². The molecule has 0 aliphatic carbocycles. The number of hydrogen-bond donors (Lipinski definition) is 2. The molecule has 0 bridgehead atoms. The summed E-state index contributed by atoms with van der Waals surface area (Å²) in [5, 5.41) is 11.0. The van der Waals surface area contributed by atoms with E-state index < -0.39 is 6.09 Å². The van der Waals surface area contributed by atoms with E-state index in [1.807, 2.05) is 0 Å². The number of carbonyl (C=O) groups excluding carboxylic acids is 1. The van der Waals surface area contributed by atoms with Gasteiger partial charge in [-0.1, -0.05) is 12.1 Å². The smallest absolute Gasteiger partial charge is 0.409 e. The molecule has 0 atom stereocenters. The normalized spacial score (nSPS) is 9.88. The van der Waals surface area contributed by atoms with Crippen molar-refractivity contribution in [1.29, 1.82) is 0 Å². The van der Waals surface area contributed by atoms with E-state index >= 15 is 0 Å². The van der Waals surface area contributed by atoms with Gasteiger partial charge in [0.2, 0.25) is 0 Å². The van der Waals surface area contributed by atoms with Gasteiger partial charge in [0.05, 0.1) is 5.69 Å². The Kier molecular flexibility index (Phi) is 2.91. The van der Waals surface area contributed by atoms with Crippen LogP contribution in [-0.2, 0) is 0 Å². The molecule has 0 radical (unpaired) electrons. The van der Waals surface area contributed by atoms with E-state index in [9.17, 15) is 9.59 Å². The molecule has 2 rings (SSSR count). The van der Waals surface area contributed by atoms with Gasteiger partial charge < -0.3 is 9.52 Å². The van der Waals surface area contributed by atoms with E-state index in [1.54, 1.807) is 30.3 Å². The highest BCUT2D eigenvalue weighted by Crippen LogP contribution is 2.28. The number of nitrogens with one attached hydrogen (secondary N) is 1. The Morgan fingerprint density at radius 2 is 2.00 bits per heavy atom. The molecule has 1 aromatic carbocycles. The molecular formula is C12H9NO4. The summed E-state index contributed by atoms with van der Waals surface area (Å²) in [6, 6.07) is 9.93. The van der Waals surface area contributed by atoms with Crippen LogP contribution < -0.4 is 5.32 Å². The van der Waals surface area contributed by atoms with Crippen LogP contribution in [0.3, 0.4) is 0 Å². The second-order valence-electron chi connectivity index (χ2n) is 3.30. The van der Waals surface area contributed by atoms with Crippen LogP contribution >= 0.6 is 0 Å². The lowest BCUT2D eigenvalue weighted by Gasteiger charge is -2.05. The number of carbonyl (C=O) groups is 2. The lowest BCUT2D eigenvalue weighted by molar-refractivity contribution is 0.110. The number of anilines is 1. The number of furan rings is 1. The molecular weight excluding hydrogens is 222 g/mol. The second-order valence-corrected chi connectivity index (χ2v) is 3.30. The minimum absolute atomic E-state index is 0.199. The fourth-order valence-electron chi connectivity index (χ4n) is 1.48. The number of carboxylic acid groups (broad SMARTS) is 1. The zero-order valence-corrected chi connectivity index (χ0v) is 8.71. The Labute approximate surface area is 96.7 Å². The molecule has 0 unspecified atom stereocenters. The summed E-state index contributed by atoms with van der Waals surface area (Å²) in [6.07, 6.45) is -0.559. The van der Waals surface area contributed by atoms with E-state index in [4.69, 9.17) is 9.52 Å². The summed E-state index contributed by atoms with van der Waals surface area (Å²) < 4.78 is 5.24. The van der Waals surface area contributed by atoms with E-state index in [0.717, 1.165) is 0 Å². The van der Waals surface area contributed by atoms with Crippen LogP contribution in [0.1, 0.15) is 10.6 Å². The number of benzene rings is 1. The summed E-state index contributed by atoms with van der Waals surface area (Å²) in [5.74, 6) is 0.640. The molecule has 1 amide bonds. The maximum atomic E-state index is 10.6. The van der Waals surface area contributed by atoms with Crippen molar-refractivity contribution in [2.75, 3.05) is 5.32 Å². The standard InChI is InChI=1S/C12H9NO4/c14-7-8-5-6-11(17-8)9-3-1-2-4-10(9)13-12(15)16/h1-7,13H,(H,15,16). The first-order chi connectivity index (χ1) is 8.20. The SMILES string of the molecule is O=Cc1ccc(-c2ccccc2NC(=O)O)o1. The molecule has 1 aromatic heterocycles. The number of rotatable bonds is 3. The van der Waals surface area contributed by atoms with Crippen molar-refractivity contribution in [3.05, 3.63) is 42.2 Å². The van der Waals surface area contributed by atoms with Crippen LogP contribution in [0.5, 0.6) is 0 Å². The molecule has 17 heavy (non-hydrogen) atoms. The number of amides is 1. The van der Waals surface area contributed by atoms with Gasteiger partial charge in [-0.3, -0.25) is 10.1 Å². The fraction of sp³-hybridized carbons (Fsp3) is 0. The van der Waals surface area contributed by atoms with Crippen molar-refractivity contribution >= 4 is 18.1 Å². The largest absolute Gasteiger partial charge is 0.465 e. The van der Waals surface area contributed by atoms with Gasteiger partial charge in [-0.2, -0.15) is 0 Å². The van der Waals surface area contributed by atoms with Crippen molar-refractivity contribution in [2.24, 2.45) is 0 Å². The lowest BCUT2D eigenvalue weighted by atomic mass is 10.1. The zero-order chi connectivity index (χ0) is 12.3. The third-order valence-corrected chi connectivity index (χ3v) is 2.18. The molecule has 5 heteroatoms. The van der Waals surface area contributed by atoms with Crippen molar-refractivity contribution in [3.8, 4) is 11.3 Å². The van der Waals surface area contributed by atoms with Crippen LogP contribution in [-0.4, -0.2) is 17.5 Å². The minimum atomic E-state index is -1.15. The Balaban J connectivity index is 2.43. The first-order valence-corrected chi connectivity index (χ1v) is 4.85. The topological polar surface area (TPSA) is 79.5 Å². The minimum Gasteiger partial charge on any atom is -0.465 e. The predicted octanol–water partition coefficient (Wildman–Crippen LogP) is 2.85. The first kappa shape index (κ1) is 10.9. The van der Waals surface area contributed by atoms with Gasteiger partial charge in [0, 0.05) is 5.56 Å². The lowest BCUT2D eigenvalue weighted by Crippen LogP contribution is -2.07. The number of para-hydroxylation sites is 1. The van der Waals surface area contributed by atoms with Gasteiger partial charge in [-0.05, 0) is 24.3 Å². The van der Waals surface area contributed by atoms with Crippen LogP contribution in [0, 0.1) is 0 Å². The Bertz CT molecular complexity index is 559. The quantitative estimate of drug-likeness (QED) is 0.796. The van der Waals surface area contributed by atoms with Crippen LogP contribution in [0.25, 0.3) is 11.3 Å². The van der Waals surface area contributed by atoms with Crippen molar-refractivity contribution in [1.82, 2.24) is 0 Å². The molecule has 0 saturated carbocycles. The molecule has 2 N–H and O–H groups in total. The number of hydrogen-bond acceptors (Lipinski definition) is 3. The van der Waals surface area contributed by atoms with E-state index in [-0.39, 0.29) is 5.76 Å². The fourth-order valence-corrected chi connectivity index (χ4v) is 1.48. The van der Waals surface area contributed by atoms with Gasteiger partial charge in [0.15, 0.2) is 12.0 Å². The molecule has 2 aromatic rings. The summed E-state index contributed by atoms with van der Waals surface area (Å²) in [5.41, 5.74) is 0.995.